The third-order valence-electron chi connectivity index (χ3n) is 2.33. The number of aliphatic hydroxyl groups is 5. The highest BCUT2D eigenvalue weighted by Crippen LogP contribution is 2.14. The first-order valence-corrected chi connectivity index (χ1v) is 6.37. The van der Waals surface area contributed by atoms with Crippen LogP contribution in [0.15, 0.2) is 0 Å². The molecule has 0 saturated carbocycles. The van der Waals surface area contributed by atoms with Crippen molar-refractivity contribution in [1.82, 2.24) is 0 Å². The molecule has 6 nitrogen and oxygen atoms in total. The number of ether oxygens (including phenoxy) is 1. The van der Waals surface area contributed by atoms with Crippen molar-refractivity contribution in [3.8, 4) is 0 Å². The predicted octanol–water partition coefficient (Wildman–Crippen LogP) is -0.281. The molecule has 0 aliphatic heterocycles. The number of hydrogen-bond acceptors (Lipinski definition) is 6. The van der Waals surface area contributed by atoms with Crippen molar-refractivity contribution in [2.75, 3.05) is 33.0 Å². The predicted molar refractivity (Wildman–Crippen MR) is 72.5 cm³/mol. The first kappa shape index (κ1) is 21.1. The van der Waals surface area contributed by atoms with Gasteiger partial charge in [0.05, 0.1) is 26.4 Å². The third-order valence-corrected chi connectivity index (χ3v) is 2.33. The van der Waals surface area contributed by atoms with Gasteiger partial charge >= 0.3 is 0 Å². The van der Waals surface area contributed by atoms with Gasteiger partial charge in [0.1, 0.15) is 0 Å². The van der Waals surface area contributed by atoms with E-state index < -0.39 is 6.29 Å². The fourth-order valence-electron chi connectivity index (χ4n) is 0.611. The Kier molecular flexibility index (Phi) is 11.7. The molecule has 5 N–H and O–H groups in total. The lowest BCUT2D eigenvalue weighted by atomic mass is 9.97. The second kappa shape index (κ2) is 10.5. The third kappa shape index (κ3) is 14.0. The molecule has 1 unspecified atom stereocenters. The molecule has 0 saturated heterocycles. The summed E-state index contributed by atoms with van der Waals surface area (Å²) in [5.41, 5.74) is -0.642. The van der Waals surface area contributed by atoms with Crippen LogP contribution in [0.5, 0.6) is 0 Å². The Balaban J connectivity index is 0. The second-order valence-corrected chi connectivity index (χ2v) is 6.08. The minimum atomic E-state index is -0.930. The van der Waals surface area contributed by atoms with Crippen LogP contribution in [0.1, 0.15) is 34.1 Å². The highest BCUT2D eigenvalue weighted by Gasteiger charge is 2.18. The fraction of sp³-hybridized carbons (Fsp3) is 1.00. The summed E-state index contributed by atoms with van der Waals surface area (Å²) in [5, 5.41) is 43.2. The highest BCUT2D eigenvalue weighted by atomic mass is 16.6. The standard InChI is InChI=1S/C8H18O4.C5H12O2/c1-8(2,5-10)6-12-7(11)3-4-9;1-5(2,3-6)4-7/h7,9-11H,3-6H2,1-2H3;6-7H,3-4H2,1-2H3. The van der Waals surface area contributed by atoms with Gasteiger partial charge in [0.15, 0.2) is 6.29 Å². The van der Waals surface area contributed by atoms with Crippen LogP contribution in [-0.4, -0.2) is 64.9 Å². The van der Waals surface area contributed by atoms with Crippen LogP contribution >= 0.6 is 0 Å². The summed E-state index contributed by atoms with van der Waals surface area (Å²) in [6.07, 6.45) is -0.720. The molecule has 0 aromatic rings. The van der Waals surface area contributed by atoms with Gasteiger partial charge in [-0.15, -0.1) is 0 Å². The van der Waals surface area contributed by atoms with E-state index in [4.69, 9.17) is 30.3 Å². The van der Waals surface area contributed by atoms with Gasteiger partial charge in [-0.25, -0.2) is 0 Å². The lowest BCUT2D eigenvalue weighted by Crippen LogP contribution is -2.27. The van der Waals surface area contributed by atoms with E-state index in [0.717, 1.165) is 0 Å². The van der Waals surface area contributed by atoms with Crippen molar-refractivity contribution >= 4 is 0 Å². The van der Waals surface area contributed by atoms with Crippen molar-refractivity contribution in [2.24, 2.45) is 10.8 Å². The molecule has 0 bridgehead atoms. The van der Waals surface area contributed by atoms with Crippen LogP contribution in [0.3, 0.4) is 0 Å². The Hall–Kier alpha value is -0.240. The van der Waals surface area contributed by atoms with Crippen LogP contribution in [0.4, 0.5) is 0 Å². The molecule has 118 valence electrons. The Morgan fingerprint density at radius 3 is 1.53 bits per heavy atom. The van der Waals surface area contributed by atoms with Gasteiger partial charge in [0, 0.05) is 23.9 Å². The molecule has 0 rings (SSSR count). The first-order valence-electron chi connectivity index (χ1n) is 6.37. The summed E-state index contributed by atoms with van der Waals surface area (Å²) >= 11 is 0. The zero-order valence-electron chi connectivity index (χ0n) is 12.5. The highest BCUT2D eigenvalue weighted by molar-refractivity contribution is 4.65. The largest absolute Gasteiger partial charge is 0.396 e. The molecule has 0 aliphatic rings. The van der Waals surface area contributed by atoms with Crippen molar-refractivity contribution in [1.29, 1.82) is 0 Å². The lowest BCUT2D eigenvalue weighted by molar-refractivity contribution is -0.134. The lowest BCUT2D eigenvalue weighted by Gasteiger charge is -2.23. The van der Waals surface area contributed by atoms with E-state index >= 15 is 0 Å². The average molecular weight is 282 g/mol. The summed E-state index contributed by atoms with van der Waals surface area (Å²) < 4.78 is 4.97. The molecule has 0 spiro atoms. The van der Waals surface area contributed by atoms with Crippen LogP contribution < -0.4 is 0 Å². The monoisotopic (exact) mass is 282 g/mol. The minimum Gasteiger partial charge on any atom is -0.396 e. The topological polar surface area (TPSA) is 110 Å². The molecule has 0 aliphatic carbocycles. The van der Waals surface area contributed by atoms with E-state index in [2.05, 4.69) is 0 Å². The molecule has 0 aromatic carbocycles. The Bertz CT molecular complexity index is 199. The first-order chi connectivity index (χ1) is 8.64. The molecule has 1 atom stereocenters. The van der Waals surface area contributed by atoms with Gasteiger partial charge in [-0.2, -0.15) is 0 Å². The fourth-order valence-corrected chi connectivity index (χ4v) is 0.611. The normalized spacial score (nSPS) is 13.7. The molecule has 0 amide bonds. The minimum absolute atomic E-state index is 0.0127. The maximum absolute atomic E-state index is 9.04. The Labute approximate surface area is 115 Å². The molecule has 0 aromatic heterocycles. The smallest absolute Gasteiger partial charge is 0.156 e. The van der Waals surface area contributed by atoms with E-state index in [1.54, 1.807) is 13.8 Å². The molecule has 0 radical (unpaired) electrons. The average Bonchev–Trinajstić information content (AvgIpc) is 2.38. The van der Waals surface area contributed by atoms with Crippen molar-refractivity contribution < 1.29 is 30.3 Å². The van der Waals surface area contributed by atoms with Crippen LogP contribution in [0.25, 0.3) is 0 Å². The maximum atomic E-state index is 9.04. The van der Waals surface area contributed by atoms with Crippen molar-refractivity contribution in [3.05, 3.63) is 0 Å². The molecule has 0 fully saturated rings. The van der Waals surface area contributed by atoms with E-state index in [9.17, 15) is 0 Å². The van der Waals surface area contributed by atoms with E-state index in [1.807, 2.05) is 13.8 Å². The van der Waals surface area contributed by atoms with Gasteiger partial charge in [-0.05, 0) is 0 Å². The molecule has 6 heteroatoms. The summed E-state index contributed by atoms with van der Waals surface area (Å²) in [6.45, 7) is 7.55. The van der Waals surface area contributed by atoms with Gasteiger partial charge in [0.25, 0.3) is 0 Å². The SMILES string of the molecule is CC(C)(CO)CO.CC(C)(CO)COC(O)CCO. The van der Waals surface area contributed by atoms with E-state index in [1.165, 1.54) is 0 Å². The van der Waals surface area contributed by atoms with Crippen molar-refractivity contribution in [3.63, 3.8) is 0 Å². The second-order valence-electron chi connectivity index (χ2n) is 6.08. The zero-order valence-corrected chi connectivity index (χ0v) is 12.5. The van der Waals surface area contributed by atoms with E-state index in [0.29, 0.717) is 0 Å². The van der Waals surface area contributed by atoms with Gasteiger partial charge in [-0.1, -0.05) is 27.7 Å². The van der Waals surface area contributed by atoms with Gasteiger partial charge < -0.3 is 30.3 Å². The molecular formula is C13H30O6. The van der Waals surface area contributed by atoms with Crippen molar-refractivity contribution in [2.45, 2.75) is 40.4 Å². The van der Waals surface area contributed by atoms with Gasteiger partial charge in [-0.3, -0.25) is 0 Å². The maximum Gasteiger partial charge on any atom is 0.156 e. The molecule has 19 heavy (non-hydrogen) atoms. The molecular weight excluding hydrogens is 252 g/mol. The number of aliphatic hydroxyl groups excluding tert-OH is 5. The van der Waals surface area contributed by atoms with E-state index in [-0.39, 0.29) is 50.3 Å². The summed E-state index contributed by atoms with van der Waals surface area (Å²) in [7, 11) is 0. The summed E-state index contributed by atoms with van der Waals surface area (Å²) in [4.78, 5) is 0. The number of hydrogen-bond donors (Lipinski definition) is 5. The summed E-state index contributed by atoms with van der Waals surface area (Å²) in [5.74, 6) is 0. The summed E-state index contributed by atoms with van der Waals surface area (Å²) in [6, 6.07) is 0. The Morgan fingerprint density at radius 2 is 1.26 bits per heavy atom. The Morgan fingerprint density at radius 1 is 0.842 bits per heavy atom. The van der Waals surface area contributed by atoms with Crippen LogP contribution in [0.2, 0.25) is 0 Å². The zero-order chi connectivity index (χ0) is 15.5. The number of rotatable bonds is 8. The van der Waals surface area contributed by atoms with Crippen LogP contribution in [0, 0.1) is 10.8 Å². The quantitative estimate of drug-likeness (QED) is 0.392. The van der Waals surface area contributed by atoms with Crippen LogP contribution in [-0.2, 0) is 4.74 Å². The molecule has 0 heterocycles. The van der Waals surface area contributed by atoms with Gasteiger partial charge in [0.2, 0.25) is 0 Å².